The second kappa shape index (κ2) is 4.94. The lowest BCUT2D eigenvalue weighted by atomic mass is 10.2. The van der Waals surface area contributed by atoms with Crippen LogP contribution in [-0.2, 0) is 0 Å². The van der Waals surface area contributed by atoms with Crippen LogP contribution in [0.1, 0.15) is 60.7 Å². The number of carbonyl (C=O) groups excluding carboxylic acids is 1. The summed E-state index contributed by atoms with van der Waals surface area (Å²) in [6, 6.07) is 4.27. The van der Waals surface area contributed by atoms with Crippen molar-refractivity contribution in [3.8, 4) is 0 Å². The number of ketones is 1. The molecule has 0 aliphatic heterocycles. The summed E-state index contributed by atoms with van der Waals surface area (Å²) in [7, 11) is 0. The Kier molecular flexibility index (Phi) is 3.06. The van der Waals surface area contributed by atoms with Gasteiger partial charge in [0, 0.05) is 23.7 Å². The predicted octanol–water partition coefficient (Wildman–Crippen LogP) is 3.24. The molecule has 0 bridgehead atoms. The highest BCUT2D eigenvalue weighted by molar-refractivity contribution is 7.99. The fraction of sp³-hybridized carbons (Fsp3) is 0.467. The van der Waals surface area contributed by atoms with Crippen LogP contribution in [0.15, 0.2) is 28.5 Å². The lowest BCUT2D eigenvalue weighted by Gasteiger charge is -2.07. The number of nitrogens with zero attached hydrogens (tertiary/aromatic N) is 4. The zero-order chi connectivity index (χ0) is 14.4. The topological polar surface area (TPSA) is 60.7 Å². The number of hydrogen-bond acceptors (Lipinski definition) is 5. The van der Waals surface area contributed by atoms with Crippen LogP contribution in [0.3, 0.4) is 0 Å². The molecule has 2 fully saturated rings. The van der Waals surface area contributed by atoms with Crippen LogP contribution in [0.4, 0.5) is 0 Å². The van der Waals surface area contributed by atoms with E-state index in [1.54, 1.807) is 13.1 Å². The molecule has 2 aromatic heterocycles. The monoisotopic (exact) mass is 300 g/mol. The van der Waals surface area contributed by atoms with E-state index < -0.39 is 0 Å². The van der Waals surface area contributed by atoms with E-state index in [9.17, 15) is 4.79 Å². The number of pyridine rings is 1. The molecule has 5 nitrogen and oxygen atoms in total. The third kappa shape index (κ3) is 2.60. The molecule has 2 aromatic rings. The molecule has 0 amide bonds. The van der Waals surface area contributed by atoms with E-state index in [0.717, 1.165) is 16.0 Å². The molecule has 2 aliphatic carbocycles. The fourth-order valence-corrected chi connectivity index (χ4v) is 3.25. The van der Waals surface area contributed by atoms with Crippen molar-refractivity contribution in [3.63, 3.8) is 0 Å². The first-order valence-electron chi connectivity index (χ1n) is 7.32. The van der Waals surface area contributed by atoms with Gasteiger partial charge in [0.15, 0.2) is 10.9 Å². The van der Waals surface area contributed by atoms with Crippen molar-refractivity contribution in [2.75, 3.05) is 0 Å². The highest BCUT2D eigenvalue weighted by atomic mass is 32.2. The van der Waals surface area contributed by atoms with Crippen molar-refractivity contribution in [1.82, 2.24) is 19.7 Å². The van der Waals surface area contributed by atoms with Gasteiger partial charge in [-0.05, 0) is 56.5 Å². The summed E-state index contributed by atoms with van der Waals surface area (Å²) >= 11 is 1.54. The molecule has 21 heavy (non-hydrogen) atoms. The van der Waals surface area contributed by atoms with E-state index in [1.807, 2.05) is 12.1 Å². The first-order valence-corrected chi connectivity index (χ1v) is 8.13. The smallest absolute Gasteiger partial charge is 0.197 e. The van der Waals surface area contributed by atoms with Crippen LogP contribution < -0.4 is 0 Å². The minimum absolute atomic E-state index is 0.0382. The third-order valence-corrected chi connectivity index (χ3v) is 4.80. The Balaban J connectivity index is 1.60. The molecule has 2 heterocycles. The fourth-order valence-electron chi connectivity index (χ4n) is 2.40. The van der Waals surface area contributed by atoms with Crippen LogP contribution in [0.25, 0.3) is 0 Å². The molecule has 0 N–H and O–H groups in total. The van der Waals surface area contributed by atoms with Crippen LogP contribution in [0.2, 0.25) is 0 Å². The van der Waals surface area contributed by atoms with Crippen LogP contribution in [0, 0.1) is 0 Å². The van der Waals surface area contributed by atoms with Crippen molar-refractivity contribution in [2.45, 2.75) is 54.7 Å². The molecule has 0 unspecified atom stereocenters. The summed E-state index contributed by atoms with van der Waals surface area (Å²) in [6.07, 6.45) is 6.55. The number of aromatic nitrogens is 4. The summed E-state index contributed by atoms with van der Waals surface area (Å²) in [5.41, 5.74) is 0.640. The Labute approximate surface area is 127 Å². The SMILES string of the molecule is CC(=O)c1ccc(Sc2nnc(C3CC3)n2C2CC2)nc1. The molecule has 0 saturated heterocycles. The van der Waals surface area contributed by atoms with Gasteiger partial charge >= 0.3 is 0 Å². The molecule has 4 rings (SSSR count). The zero-order valence-corrected chi connectivity index (χ0v) is 12.6. The van der Waals surface area contributed by atoms with Gasteiger partial charge in [0.25, 0.3) is 0 Å². The summed E-state index contributed by atoms with van der Waals surface area (Å²) in [5.74, 6) is 1.80. The average Bonchev–Trinajstić information content (AvgIpc) is 3.39. The maximum absolute atomic E-state index is 11.3. The molecular formula is C15H16N4OS. The Bertz CT molecular complexity index is 686. The van der Waals surface area contributed by atoms with Gasteiger partial charge in [0.05, 0.1) is 0 Å². The van der Waals surface area contributed by atoms with Gasteiger partial charge in [-0.3, -0.25) is 4.79 Å². The van der Waals surface area contributed by atoms with Gasteiger partial charge in [0.1, 0.15) is 10.9 Å². The van der Waals surface area contributed by atoms with E-state index in [0.29, 0.717) is 17.5 Å². The quantitative estimate of drug-likeness (QED) is 0.793. The number of hydrogen-bond donors (Lipinski definition) is 0. The standard InChI is InChI=1S/C15H16N4OS/c1-9(20)11-4-7-13(16-8-11)21-15-18-17-14(10-2-3-10)19(15)12-5-6-12/h4,7-8,10,12H,2-3,5-6H2,1H3. The first kappa shape index (κ1) is 13.0. The molecule has 6 heteroatoms. The minimum atomic E-state index is 0.0382. The second-order valence-corrected chi connectivity index (χ2v) is 6.75. The van der Waals surface area contributed by atoms with Crippen molar-refractivity contribution < 1.29 is 4.79 Å². The Morgan fingerprint density at radius 3 is 2.62 bits per heavy atom. The van der Waals surface area contributed by atoms with Gasteiger partial charge in [-0.2, -0.15) is 0 Å². The number of carbonyl (C=O) groups is 1. The molecule has 0 aromatic carbocycles. The van der Waals surface area contributed by atoms with E-state index in [2.05, 4.69) is 19.7 Å². The van der Waals surface area contributed by atoms with Crippen LogP contribution in [-0.4, -0.2) is 25.5 Å². The molecule has 108 valence electrons. The van der Waals surface area contributed by atoms with Gasteiger partial charge < -0.3 is 4.57 Å². The van der Waals surface area contributed by atoms with Crippen LogP contribution >= 0.6 is 11.8 Å². The van der Waals surface area contributed by atoms with E-state index >= 15 is 0 Å². The highest BCUT2D eigenvalue weighted by Gasteiger charge is 2.36. The Morgan fingerprint density at radius 1 is 1.24 bits per heavy atom. The van der Waals surface area contributed by atoms with Gasteiger partial charge in [-0.15, -0.1) is 10.2 Å². The first-order chi connectivity index (χ1) is 10.2. The predicted molar refractivity (Wildman–Crippen MR) is 78.6 cm³/mol. The van der Waals surface area contributed by atoms with Gasteiger partial charge in [-0.25, -0.2) is 4.98 Å². The van der Waals surface area contributed by atoms with E-state index in [4.69, 9.17) is 0 Å². The summed E-state index contributed by atoms with van der Waals surface area (Å²) in [5, 5.41) is 10.5. The highest BCUT2D eigenvalue weighted by Crippen LogP contribution is 2.46. The summed E-state index contributed by atoms with van der Waals surface area (Å²) in [6.45, 7) is 1.55. The zero-order valence-electron chi connectivity index (χ0n) is 11.8. The van der Waals surface area contributed by atoms with Crippen LogP contribution in [0.5, 0.6) is 0 Å². The minimum Gasteiger partial charge on any atom is -0.302 e. The molecule has 0 radical (unpaired) electrons. The van der Waals surface area contributed by atoms with Gasteiger partial charge in [0.2, 0.25) is 0 Å². The molecular weight excluding hydrogens is 284 g/mol. The third-order valence-electron chi connectivity index (χ3n) is 3.88. The van der Waals surface area contributed by atoms with Crippen molar-refractivity contribution in [2.24, 2.45) is 0 Å². The number of Topliss-reactive ketones (excluding diaryl/α,β-unsaturated/α-hetero) is 1. The second-order valence-electron chi connectivity index (χ2n) is 5.76. The maximum Gasteiger partial charge on any atom is 0.197 e. The van der Waals surface area contributed by atoms with Gasteiger partial charge in [-0.1, -0.05) is 0 Å². The Hall–Kier alpha value is -1.69. The normalized spacial score (nSPS) is 18.0. The maximum atomic E-state index is 11.3. The van der Waals surface area contributed by atoms with E-state index in [-0.39, 0.29) is 5.78 Å². The number of rotatable bonds is 5. The molecule has 0 atom stereocenters. The summed E-state index contributed by atoms with van der Waals surface area (Å²) in [4.78, 5) is 15.6. The Morgan fingerprint density at radius 2 is 2.05 bits per heavy atom. The summed E-state index contributed by atoms with van der Waals surface area (Å²) < 4.78 is 2.31. The largest absolute Gasteiger partial charge is 0.302 e. The van der Waals surface area contributed by atoms with E-state index in [1.165, 1.54) is 37.4 Å². The lowest BCUT2D eigenvalue weighted by molar-refractivity contribution is 0.101. The van der Waals surface area contributed by atoms with Crippen molar-refractivity contribution >= 4 is 17.5 Å². The molecule has 0 spiro atoms. The van der Waals surface area contributed by atoms with Crippen molar-refractivity contribution in [1.29, 1.82) is 0 Å². The van der Waals surface area contributed by atoms with Crippen molar-refractivity contribution in [3.05, 3.63) is 29.7 Å². The molecule has 2 saturated carbocycles. The average molecular weight is 300 g/mol. The lowest BCUT2D eigenvalue weighted by Crippen LogP contribution is -2.02. The molecule has 2 aliphatic rings.